The van der Waals surface area contributed by atoms with Crippen LogP contribution in [0.2, 0.25) is 0 Å². The number of alkyl halides is 3. The van der Waals surface area contributed by atoms with Gasteiger partial charge in [0.25, 0.3) is 0 Å². The predicted molar refractivity (Wildman–Crippen MR) is 25.9 cm³/mol. The molecule has 0 atom stereocenters. The van der Waals surface area contributed by atoms with Crippen molar-refractivity contribution in [2.45, 2.75) is 6.18 Å². The van der Waals surface area contributed by atoms with Crippen molar-refractivity contribution < 1.29 is 22.8 Å². The van der Waals surface area contributed by atoms with Gasteiger partial charge in [-0.15, -0.1) is 0 Å². The molecular weight excluding hydrogens is 153 g/mol. The van der Waals surface area contributed by atoms with Crippen LogP contribution in [0.4, 0.5) is 18.0 Å². The highest BCUT2D eigenvalue weighted by atomic mass is 19.4. The molecule has 60 valence electrons. The number of hydrogen-bond donors (Lipinski definition) is 2. The summed E-state index contributed by atoms with van der Waals surface area (Å²) in [6, 6.07) is -0.833. The van der Waals surface area contributed by atoms with E-state index in [0.717, 1.165) is 0 Å². The first-order valence-electron chi connectivity index (χ1n) is 1.87. The Kier molecular flexibility index (Phi) is 5.29. The topological polar surface area (TPSA) is 86.2 Å². The molecule has 0 heterocycles. The molecule has 0 spiro atoms. The highest BCUT2D eigenvalue weighted by molar-refractivity contribution is 5.69. The van der Waals surface area contributed by atoms with Crippen molar-refractivity contribution >= 4 is 12.3 Å². The Labute approximate surface area is 54.0 Å². The highest BCUT2D eigenvalue weighted by Gasteiger charge is 2.24. The van der Waals surface area contributed by atoms with E-state index in [-0.39, 0.29) is 0 Å². The Morgan fingerprint density at radius 3 is 1.40 bits per heavy atom. The van der Waals surface area contributed by atoms with Gasteiger partial charge in [0.15, 0.2) is 0 Å². The Balaban J connectivity index is 0. The van der Waals surface area contributed by atoms with Gasteiger partial charge in [0.1, 0.15) is 0 Å². The molecule has 4 nitrogen and oxygen atoms in total. The quantitative estimate of drug-likeness (QED) is 0.477. The number of primary amides is 2. The van der Waals surface area contributed by atoms with Crippen LogP contribution in [0.1, 0.15) is 0 Å². The van der Waals surface area contributed by atoms with Gasteiger partial charge >= 0.3 is 12.2 Å². The molecule has 0 bridgehead atoms. The molecule has 10 heavy (non-hydrogen) atoms. The summed E-state index contributed by atoms with van der Waals surface area (Å²) in [6.07, 6.45) is -5.70. The Morgan fingerprint density at radius 2 is 1.40 bits per heavy atom. The summed E-state index contributed by atoms with van der Waals surface area (Å²) < 4.78 is 31.2. The number of aldehydes is 1. The monoisotopic (exact) mass is 158 g/mol. The smallest absolute Gasteiger partial charge is 0.352 e. The molecule has 0 aliphatic carbocycles. The van der Waals surface area contributed by atoms with Crippen molar-refractivity contribution in [1.29, 1.82) is 0 Å². The summed E-state index contributed by atoms with van der Waals surface area (Å²) >= 11 is 0. The van der Waals surface area contributed by atoms with Crippen molar-refractivity contribution in [1.82, 2.24) is 0 Å². The lowest BCUT2D eigenvalue weighted by molar-refractivity contribution is -0.156. The van der Waals surface area contributed by atoms with E-state index in [0.29, 0.717) is 0 Å². The van der Waals surface area contributed by atoms with Crippen LogP contribution in [0.25, 0.3) is 0 Å². The molecule has 0 radical (unpaired) electrons. The summed E-state index contributed by atoms with van der Waals surface area (Å²) in [6.45, 7) is 0. The van der Waals surface area contributed by atoms with Crippen molar-refractivity contribution in [3.05, 3.63) is 0 Å². The van der Waals surface area contributed by atoms with Gasteiger partial charge < -0.3 is 11.5 Å². The molecule has 0 unspecified atom stereocenters. The number of nitrogens with two attached hydrogens (primary N) is 2. The predicted octanol–water partition coefficient (Wildman–Crippen LogP) is -0.229. The lowest BCUT2D eigenvalue weighted by atomic mass is 10.8. The molecule has 0 aliphatic rings. The molecule has 0 rings (SSSR count). The first kappa shape index (κ1) is 11.5. The van der Waals surface area contributed by atoms with Gasteiger partial charge in [-0.1, -0.05) is 0 Å². The van der Waals surface area contributed by atoms with Crippen LogP contribution in [0.3, 0.4) is 0 Å². The largest absolute Gasteiger partial charge is 0.446 e. The number of carbonyl (C=O) groups is 2. The van der Waals surface area contributed by atoms with Crippen molar-refractivity contribution in [3.8, 4) is 0 Å². The minimum Gasteiger partial charge on any atom is -0.352 e. The Bertz CT molecular complexity index is 117. The van der Waals surface area contributed by atoms with E-state index in [1.165, 1.54) is 0 Å². The minimum absolute atomic E-state index is 0.833. The van der Waals surface area contributed by atoms with Crippen molar-refractivity contribution in [2.24, 2.45) is 11.5 Å². The maximum Gasteiger partial charge on any atom is 0.446 e. The summed E-state index contributed by atoms with van der Waals surface area (Å²) in [5.74, 6) is 0. The number of amides is 2. The van der Waals surface area contributed by atoms with Gasteiger partial charge in [0.05, 0.1) is 0 Å². The maximum absolute atomic E-state index is 10.4. The molecule has 0 aromatic heterocycles. The van der Waals surface area contributed by atoms with Crippen LogP contribution in [-0.4, -0.2) is 18.5 Å². The van der Waals surface area contributed by atoms with E-state index in [2.05, 4.69) is 11.5 Å². The average Bonchev–Trinajstić information content (AvgIpc) is 1.63. The molecule has 0 aliphatic heterocycles. The second-order valence-electron chi connectivity index (χ2n) is 1.06. The van der Waals surface area contributed by atoms with Crippen LogP contribution in [-0.2, 0) is 4.79 Å². The first-order valence-corrected chi connectivity index (χ1v) is 1.87. The molecule has 4 N–H and O–H groups in total. The zero-order valence-corrected chi connectivity index (χ0v) is 4.68. The summed E-state index contributed by atoms with van der Waals surface area (Å²) in [7, 11) is 0. The number of hydrogen-bond acceptors (Lipinski definition) is 2. The van der Waals surface area contributed by atoms with Gasteiger partial charge in [-0.25, -0.2) is 4.79 Å². The average molecular weight is 158 g/mol. The molecular formula is C3H5F3N2O2. The van der Waals surface area contributed by atoms with Crippen LogP contribution in [0, 0.1) is 0 Å². The molecule has 7 heteroatoms. The molecule has 0 saturated carbocycles. The summed E-state index contributed by atoms with van der Waals surface area (Å²) in [5, 5.41) is 0. The number of carbonyl (C=O) groups excluding carboxylic acids is 2. The molecule has 0 fully saturated rings. The van der Waals surface area contributed by atoms with Gasteiger partial charge in [-0.3, -0.25) is 4.79 Å². The zero-order chi connectivity index (χ0) is 8.78. The van der Waals surface area contributed by atoms with Gasteiger partial charge in [0.2, 0.25) is 6.29 Å². The minimum atomic E-state index is -4.64. The molecule has 0 aromatic rings. The van der Waals surface area contributed by atoms with Crippen LogP contribution in [0.5, 0.6) is 0 Å². The Morgan fingerprint density at radius 1 is 1.30 bits per heavy atom. The Hall–Kier alpha value is -1.27. The third-order valence-corrected chi connectivity index (χ3v) is 0.134. The zero-order valence-electron chi connectivity index (χ0n) is 4.68. The van der Waals surface area contributed by atoms with Crippen LogP contribution < -0.4 is 11.5 Å². The van der Waals surface area contributed by atoms with Gasteiger partial charge in [0, 0.05) is 0 Å². The van der Waals surface area contributed by atoms with Crippen molar-refractivity contribution in [3.63, 3.8) is 0 Å². The lowest BCUT2D eigenvalue weighted by Gasteiger charge is -1.87. The van der Waals surface area contributed by atoms with E-state index >= 15 is 0 Å². The number of urea groups is 1. The molecule has 2 amide bonds. The van der Waals surface area contributed by atoms with Crippen molar-refractivity contribution in [2.75, 3.05) is 0 Å². The second kappa shape index (κ2) is 4.59. The van der Waals surface area contributed by atoms with Gasteiger partial charge in [-0.05, 0) is 0 Å². The SMILES string of the molecule is NC(N)=O.O=CC(F)(F)F. The van der Waals surface area contributed by atoms with Gasteiger partial charge in [-0.2, -0.15) is 13.2 Å². The van der Waals surface area contributed by atoms with E-state index in [4.69, 9.17) is 9.59 Å². The first-order chi connectivity index (χ1) is 4.29. The van der Waals surface area contributed by atoms with E-state index in [1.54, 1.807) is 0 Å². The lowest BCUT2D eigenvalue weighted by Crippen LogP contribution is -2.18. The number of halogens is 3. The maximum atomic E-state index is 10.4. The fraction of sp³-hybridized carbons (Fsp3) is 0.333. The van der Waals surface area contributed by atoms with E-state index in [1.807, 2.05) is 0 Å². The number of rotatable bonds is 0. The fourth-order valence-electron chi connectivity index (χ4n) is 0. The third kappa shape index (κ3) is 73.8. The molecule has 0 aromatic carbocycles. The fourth-order valence-corrected chi connectivity index (χ4v) is 0. The summed E-state index contributed by atoms with van der Waals surface area (Å²) in [5.41, 5.74) is 8.50. The van der Waals surface area contributed by atoms with Crippen LogP contribution >= 0.6 is 0 Å². The summed E-state index contributed by atoms with van der Waals surface area (Å²) in [4.78, 5) is 17.7. The normalized spacial score (nSPS) is 9.10. The van der Waals surface area contributed by atoms with E-state index < -0.39 is 18.5 Å². The second-order valence-corrected chi connectivity index (χ2v) is 1.06. The third-order valence-electron chi connectivity index (χ3n) is 0.134. The van der Waals surface area contributed by atoms with Crippen LogP contribution in [0.15, 0.2) is 0 Å². The molecule has 0 saturated heterocycles. The highest BCUT2D eigenvalue weighted by Crippen LogP contribution is 2.08. The van der Waals surface area contributed by atoms with E-state index in [9.17, 15) is 13.2 Å². The standard InChI is InChI=1S/C2HF3O.CH4N2O/c3-2(4,5)1-6;2-1(3)4/h1H;(H4,2,3,4).